The molecule has 1 unspecified atom stereocenters. The molecule has 0 aromatic carbocycles. The second-order valence-corrected chi connectivity index (χ2v) is 5.05. The zero-order chi connectivity index (χ0) is 10.5. The summed E-state index contributed by atoms with van der Waals surface area (Å²) in [7, 11) is 0. The van der Waals surface area contributed by atoms with E-state index in [0.29, 0.717) is 11.3 Å². The molecule has 0 bridgehead atoms. The fraction of sp³-hybridized carbons (Fsp3) is 0.545. The van der Waals surface area contributed by atoms with E-state index in [2.05, 4.69) is 4.98 Å². The van der Waals surface area contributed by atoms with Crippen molar-refractivity contribution in [3.05, 3.63) is 29.0 Å². The highest BCUT2D eigenvalue weighted by Crippen LogP contribution is 2.20. The predicted molar refractivity (Wildman–Crippen MR) is 64.4 cm³/mol. The van der Waals surface area contributed by atoms with Crippen molar-refractivity contribution in [2.75, 3.05) is 12.4 Å². The number of aromatic nitrogens is 1. The van der Waals surface area contributed by atoms with Crippen LogP contribution in [0.5, 0.6) is 0 Å². The predicted octanol–water partition coefficient (Wildman–Crippen LogP) is 3.15. The average Bonchev–Trinajstić information content (AvgIpc) is 2.71. The van der Waals surface area contributed by atoms with Gasteiger partial charge in [-0.25, -0.2) is 4.98 Å². The van der Waals surface area contributed by atoms with Crippen molar-refractivity contribution in [2.45, 2.75) is 24.7 Å². The molecule has 1 aliphatic heterocycles. The third kappa shape index (κ3) is 3.67. The Labute approximate surface area is 99.4 Å². The van der Waals surface area contributed by atoms with Gasteiger partial charge in [-0.15, -0.1) is 0 Å². The number of ether oxygens (including phenoxy) is 1. The molecular formula is C11H14ClNOS. The summed E-state index contributed by atoms with van der Waals surface area (Å²) in [5, 5.41) is 0.574. The first kappa shape index (κ1) is 11.2. The monoisotopic (exact) mass is 243 g/mol. The highest BCUT2D eigenvalue weighted by atomic mass is 35.5. The summed E-state index contributed by atoms with van der Waals surface area (Å²) in [6.45, 7) is 0.937. The number of thioether (sulfide) groups is 1. The Morgan fingerprint density at radius 2 is 2.53 bits per heavy atom. The van der Waals surface area contributed by atoms with Gasteiger partial charge in [-0.2, -0.15) is 11.8 Å². The SMILES string of the molecule is Clc1cc(CSCC2CCCO2)ccn1. The summed E-state index contributed by atoms with van der Waals surface area (Å²) in [5.74, 6) is 2.07. The molecule has 2 rings (SSSR count). The largest absolute Gasteiger partial charge is 0.377 e. The second-order valence-electron chi connectivity index (χ2n) is 3.64. The number of nitrogens with zero attached hydrogens (tertiary/aromatic N) is 1. The van der Waals surface area contributed by atoms with E-state index in [-0.39, 0.29) is 0 Å². The Bertz CT molecular complexity index is 315. The van der Waals surface area contributed by atoms with Crippen LogP contribution < -0.4 is 0 Å². The van der Waals surface area contributed by atoms with Crippen LogP contribution in [0.15, 0.2) is 18.3 Å². The zero-order valence-electron chi connectivity index (χ0n) is 8.49. The van der Waals surface area contributed by atoms with Gasteiger partial charge in [0.05, 0.1) is 6.10 Å². The van der Waals surface area contributed by atoms with Crippen molar-refractivity contribution in [1.82, 2.24) is 4.98 Å². The number of pyridine rings is 1. The number of halogens is 1. The van der Waals surface area contributed by atoms with Crippen LogP contribution in [0.1, 0.15) is 18.4 Å². The molecular weight excluding hydrogens is 230 g/mol. The minimum absolute atomic E-state index is 0.465. The lowest BCUT2D eigenvalue weighted by Crippen LogP contribution is -2.07. The Morgan fingerprint density at radius 3 is 3.27 bits per heavy atom. The summed E-state index contributed by atoms with van der Waals surface area (Å²) in [6.07, 6.45) is 4.65. The van der Waals surface area contributed by atoms with E-state index in [1.807, 2.05) is 23.9 Å². The van der Waals surface area contributed by atoms with Crippen LogP contribution >= 0.6 is 23.4 Å². The van der Waals surface area contributed by atoms with E-state index < -0.39 is 0 Å². The van der Waals surface area contributed by atoms with Crippen LogP contribution in [0.25, 0.3) is 0 Å². The maximum Gasteiger partial charge on any atom is 0.129 e. The lowest BCUT2D eigenvalue weighted by Gasteiger charge is -2.08. The van der Waals surface area contributed by atoms with Crippen molar-refractivity contribution >= 4 is 23.4 Å². The molecule has 15 heavy (non-hydrogen) atoms. The molecule has 4 heteroatoms. The fourth-order valence-corrected chi connectivity index (χ4v) is 2.87. The van der Waals surface area contributed by atoms with Crippen molar-refractivity contribution < 1.29 is 4.74 Å². The molecule has 2 nitrogen and oxygen atoms in total. The van der Waals surface area contributed by atoms with E-state index in [0.717, 1.165) is 18.1 Å². The molecule has 1 fully saturated rings. The second kappa shape index (κ2) is 5.73. The summed E-state index contributed by atoms with van der Waals surface area (Å²) < 4.78 is 5.56. The van der Waals surface area contributed by atoms with Gasteiger partial charge < -0.3 is 4.74 Å². The van der Waals surface area contributed by atoms with Crippen molar-refractivity contribution in [3.8, 4) is 0 Å². The summed E-state index contributed by atoms with van der Waals surface area (Å²) in [5.41, 5.74) is 1.23. The van der Waals surface area contributed by atoms with E-state index in [9.17, 15) is 0 Å². The van der Waals surface area contributed by atoms with Crippen molar-refractivity contribution in [3.63, 3.8) is 0 Å². The lowest BCUT2D eigenvalue weighted by molar-refractivity contribution is 0.129. The number of rotatable bonds is 4. The zero-order valence-corrected chi connectivity index (χ0v) is 10.1. The molecule has 0 N–H and O–H groups in total. The summed E-state index contributed by atoms with van der Waals surface area (Å²) in [6, 6.07) is 3.93. The average molecular weight is 244 g/mol. The third-order valence-corrected chi connectivity index (χ3v) is 3.74. The maximum absolute atomic E-state index is 5.81. The van der Waals surface area contributed by atoms with Crippen LogP contribution in [0, 0.1) is 0 Å². The highest BCUT2D eigenvalue weighted by Gasteiger charge is 2.14. The summed E-state index contributed by atoms with van der Waals surface area (Å²) >= 11 is 7.71. The van der Waals surface area contributed by atoms with Crippen LogP contribution in [-0.2, 0) is 10.5 Å². The van der Waals surface area contributed by atoms with Crippen LogP contribution in [0.2, 0.25) is 5.15 Å². The van der Waals surface area contributed by atoms with Gasteiger partial charge in [0.2, 0.25) is 0 Å². The van der Waals surface area contributed by atoms with Gasteiger partial charge in [0, 0.05) is 24.3 Å². The Morgan fingerprint density at radius 1 is 1.60 bits per heavy atom. The van der Waals surface area contributed by atoms with E-state index in [1.165, 1.54) is 18.4 Å². The van der Waals surface area contributed by atoms with Crippen molar-refractivity contribution in [2.24, 2.45) is 0 Å². The molecule has 0 amide bonds. The third-order valence-electron chi connectivity index (χ3n) is 2.39. The van der Waals surface area contributed by atoms with Gasteiger partial charge >= 0.3 is 0 Å². The normalized spacial score (nSPS) is 20.7. The highest BCUT2D eigenvalue weighted by molar-refractivity contribution is 7.98. The van der Waals surface area contributed by atoms with E-state index >= 15 is 0 Å². The van der Waals surface area contributed by atoms with Gasteiger partial charge in [0.25, 0.3) is 0 Å². The van der Waals surface area contributed by atoms with Gasteiger partial charge in [0.1, 0.15) is 5.15 Å². The van der Waals surface area contributed by atoms with Gasteiger partial charge in [0.15, 0.2) is 0 Å². The number of hydrogen-bond donors (Lipinski definition) is 0. The Hall–Kier alpha value is -0.250. The lowest BCUT2D eigenvalue weighted by atomic mass is 10.3. The first-order valence-electron chi connectivity index (χ1n) is 5.14. The first-order valence-corrected chi connectivity index (χ1v) is 6.67. The molecule has 1 aromatic heterocycles. The van der Waals surface area contributed by atoms with Gasteiger partial charge in [-0.05, 0) is 30.5 Å². The van der Waals surface area contributed by atoms with Crippen LogP contribution in [0.3, 0.4) is 0 Å². The molecule has 2 heterocycles. The molecule has 1 aromatic rings. The van der Waals surface area contributed by atoms with Gasteiger partial charge in [-0.3, -0.25) is 0 Å². The minimum Gasteiger partial charge on any atom is -0.377 e. The minimum atomic E-state index is 0.465. The standard InChI is InChI=1S/C11H14ClNOS/c12-11-6-9(3-4-13-11)7-15-8-10-2-1-5-14-10/h3-4,6,10H,1-2,5,7-8H2. The maximum atomic E-state index is 5.81. The van der Waals surface area contributed by atoms with E-state index in [4.69, 9.17) is 16.3 Å². The smallest absolute Gasteiger partial charge is 0.129 e. The molecule has 1 aliphatic rings. The molecule has 1 saturated heterocycles. The molecule has 1 atom stereocenters. The van der Waals surface area contributed by atoms with Crippen molar-refractivity contribution in [1.29, 1.82) is 0 Å². The molecule has 0 spiro atoms. The Balaban J connectivity index is 1.73. The van der Waals surface area contributed by atoms with Crippen LogP contribution in [-0.4, -0.2) is 23.4 Å². The Kier molecular flexibility index (Phi) is 4.29. The molecule has 0 aliphatic carbocycles. The molecule has 82 valence electrons. The quantitative estimate of drug-likeness (QED) is 0.759. The van der Waals surface area contributed by atoms with Gasteiger partial charge in [-0.1, -0.05) is 11.6 Å². The molecule has 0 radical (unpaired) electrons. The topological polar surface area (TPSA) is 22.1 Å². The van der Waals surface area contributed by atoms with E-state index in [1.54, 1.807) is 6.20 Å². The number of hydrogen-bond acceptors (Lipinski definition) is 3. The summed E-state index contributed by atoms with van der Waals surface area (Å²) in [4.78, 5) is 3.96. The fourth-order valence-electron chi connectivity index (χ4n) is 1.62. The first-order chi connectivity index (χ1) is 7.34. The van der Waals surface area contributed by atoms with Crippen LogP contribution in [0.4, 0.5) is 0 Å². The molecule has 0 saturated carbocycles.